The quantitative estimate of drug-likeness (QED) is 0.0826. The van der Waals surface area contributed by atoms with Gasteiger partial charge in [0.05, 0.1) is 46.3 Å². The Morgan fingerprint density at radius 2 is 0.935 bits per heavy atom. The van der Waals surface area contributed by atoms with Crippen molar-refractivity contribution in [2.24, 2.45) is 0 Å². The highest BCUT2D eigenvalue weighted by atomic mass is 16.5. The molecule has 4 aromatic carbocycles. The number of carbonyl (C=O) groups excluding carboxylic acids is 3. The first-order valence-corrected chi connectivity index (χ1v) is 27.8. The number of likely N-dealkylation sites (N-methyl/N-ethyl adjacent to an activating group) is 2. The Hall–Kier alpha value is -6.20. The summed E-state index contributed by atoms with van der Waals surface area (Å²) in [7, 11) is 9.13. The molecule has 2 amide bonds. The molecule has 2 atom stereocenters. The van der Waals surface area contributed by atoms with E-state index in [2.05, 4.69) is 84.5 Å². The first-order chi connectivity index (χ1) is 37.0. The number of carboxylic acid groups (broad SMARTS) is 1. The van der Waals surface area contributed by atoms with Crippen molar-refractivity contribution in [3.05, 3.63) is 117 Å². The van der Waals surface area contributed by atoms with Crippen molar-refractivity contribution >= 4 is 35.1 Å². The van der Waals surface area contributed by atoms with Crippen LogP contribution >= 0.6 is 0 Å². The lowest BCUT2D eigenvalue weighted by molar-refractivity contribution is -0.141. The summed E-state index contributed by atoms with van der Waals surface area (Å²) in [6.45, 7) is 21.0. The minimum absolute atomic E-state index is 0.0488. The number of nitrogens with one attached hydrogen (secondary N) is 2. The number of ether oxygens (including phenoxy) is 3. The van der Waals surface area contributed by atoms with Gasteiger partial charge in [0.15, 0.2) is 0 Å². The molecule has 16 nitrogen and oxygen atoms in total. The van der Waals surface area contributed by atoms with E-state index < -0.39 is 5.97 Å². The van der Waals surface area contributed by atoms with E-state index in [1.165, 1.54) is 12.7 Å². The average molecular weight is 1060 g/mol. The third-order valence-corrected chi connectivity index (χ3v) is 16.4. The van der Waals surface area contributed by atoms with Gasteiger partial charge in [0.2, 0.25) is 0 Å². The van der Waals surface area contributed by atoms with Gasteiger partial charge in [-0.2, -0.15) is 0 Å². The molecule has 0 unspecified atom stereocenters. The van der Waals surface area contributed by atoms with Gasteiger partial charge in [-0.05, 0) is 187 Å². The van der Waals surface area contributed by atoms with Gasteiger partial charge in [-0.15, -0.1) is 0 Å². The number of aliphatic carboxylic acids is 1. The highest BCUT2D eigenvalue weighted by Gasteiger charge is 2.28. The fourth-order valence-corrected chi connectivity index (χ4v) is 11.2. The summed E-state index contributed by atoms with van der Waals surface area (Å²) in [5, 5.41) is 15.4. The Morgan fingerprint density at radius 1 is 0.545 bits per heavy atom. The number of nitrogens with zero attached hydrogens (tertiary/aromatic N) is 6. The number of hydrogen-bond acceptors (Lipinski definition) is 13. The predicted octanol–water partition coefficient (Wildman–Crippen LogP) is 7.89. The molecule has 0 aromatic heterocycles. The lowest BCUT2D eigenvalue weighted by Gasteiger charge is -2.34. The van der Waals surface area contributed by atoms with Crippen molar-refractivity contribution in [2.45, 2.75) is 90.1 Å². The van der Waals surface area contributed by atoms with E-state index in [1.54, 1.807) is 14.2 Å². The maximum atomic E-state index is 13.4. The van der Waals surface area contributed by atoms with Crippen LogP contribution in [0.15, 0.2) is 72.8 Å². The number of anilines is 2. The van der Waals surface area contributed by atoms with Gasteiger partial charge < -0.3 is 59.4 Å². The monoisotopic (exact) mass is 1060 g/mol. The highest BCUT2D eigenvalue weighted by molar-refractivity contribution is 5.97. The largest absolute Gasteiger partial charge is 0.496 e. The van der Waals surface area contributed by atoms with Crippen LogP contribution in [0, 0.1) is 13.8 Å². The zero-order chi connectivity index (χ0) is 55.2. The van der Waals surface area contributed by atoms with E-state index in [0.29, 0.717) is 24.8 Å². The van der Waals surface area contributed by atoms with Crippen molar-refractivity contribution in [3.8, 4) is 11.5 Å². The van der Waals surface area contributed by atoms with Crippen LogP contribution in [0.4, 0.5) is 11.4 Å². The van der Waals surface area contributed by atoms with E-state index in [0.717, 1.165) is 173 Å². The molecule has 4 aliphatic rings. The van der Waals surface area contributed by atoms with Crippen molar-refractivity contribution in [1.82, 2.24) is 30.2 Å². The van der Waals surface area contributed by atoms with Gasteiger partial charge in [0.1, 0.15) is 11.5 Å². The molecule has 0 saturated carbocycles. The molecule has 4 aliphatic heterocycles. The number of likely N-dealkylation sites (tertiary alicyclic amines) is 2. The molecule has 16 heteroatoms. The molecular weight excluding hydrogens is 973 g/mol. The molecule has 8 rings (SSSR count). The lowest BCUT2D eigenvalue weighted by atomic mass is 9.87. The van der Waals surface area contributed by atoms with E-state index >= 15 is 0 Å². The number of rotatable bonds is 18. The summed E-state index contributed by atoms with van der Waals surface area (Å²) in [5.74, 6) is 1.45. The van der Waals surface area contributed by atoms with Crippen LogP contribution in [0.3, 0.4) is 0 Å². The number of piperazine rings is 2. The van der Waals surface area contributed by atoms with Crippen molar-refractivity contribution in [2.75, 3.05) is 137 Å². The fourth-order valence-electron chi connectivity index (χ4n) is 11.2. The van der Waals surface area contributed by atoms with Gasteiger partial charge in [-0.1, -0.05) is 24.3 Å². The van der Waals surface area contributed by atoms with Crippen LogP contribution in [0.2, 0.25) is 0 Å². The van der Waals surface area contributed by atoms with E-state index in [1.807, 2.05) is 70.2 Å². The normalized spacial score (nSPS) is 18.1. The smallest absolute Gasteiger partial charge is 0.306 e. The topological polar surface area (TPSA) is 160 Å². The summed E-state index contributed by atoms with van der Waals surface area (Å²) in [5.41, 5.74) is 10.1. The second-order valence-electron chi connectivity index (χ2n) is 21.7. The molecule has 0 aliphatic carbocycles. The SMILES string of the molecule is COC(=O)CCN1CCC(c2cc([C@@H](C)NC(=O)c3cc(N4CCN(C)CC4)ccc3C)ccc2OC)CC1.COc1ccc([C@@H](C)NC(=O)c2cc(N3CCN(C)CC3)ccc2C)cc1C1CCN(CCC(=O)O)CC1. The van der Waals surface area contributed by atoms with E-state index in [9.17, 15) is 19.2 Å². The van der Waals surface area contributed by atoms with Crippen molar-refractivity contribution in [3.63, 3.8) is 0 Å². The Balaban J connectivity index is 0.000000224. The molecule has 0 radical (unpaired) electrons. The highest BCUT2D eigenvalue weighted by Crippen LogP contribution is 2.38. The molecular formula is C61H86N8O8. The summed E-state index contributed by atoms with van der Waals surface area (Å²) in [6, 6.07) is 24.6. The van der Waals surface area contributed by atoms with Crippen LogP contribution in [0.1, 0.15) is 130 Å². The van der Waals surface area contributed by atoms with E-state index in [4.69, 9.17) is 19.3 Å². The molecule has 4 fully saturated rings. The number of carbonyl (C=O) groups is 4. The molecule has 77 heavy (non-hydrogen) atoms. The molecule has 0 bridgehead atoms. The van der Waals surface area contributed by atoms with Crippen LogP contribution < -0.4 is 29.9 Å². The molecule has 4 heterocycles. The van der Waals surface area contributed by atoms with Gasteiger partial charge >= 0.3 is 11.9 Å². The van der Waals surface area contributed by atoms with Crippen LogP contribution in [-0.2, 0) is 14.3 Å². The first-order valence-electron chi connectivity index (χ1n) is 27.8. The fraction of sp³-hybridized carbons (Fsp3) is 0.541. The summed E-state index contributed by atoms with van der Waals surface area (Å²) >= 11 is 0. The van der Waals surface area contributed by atoms with Crippen LogP contribution in [0.5, 0.6) is 11.5 Å². The number of aryl methyl sites for hydroxylation is 2. The molecule has 0 spiro atoms. The Kier molecular flexibility index (Phi) is 21.2. The summed E-state index contributed by atoms with van der Waals surface area (Å²) in [4.78, 5) is 63.1. The number of amides is 2. The number of carboxylic acids is 1. The van der Waals surface area contributed by atoms with Crippen LogP contribution in [-0.4, -0.2) is 176 Å². The van der Waals surface area contributed by atoms with Gasteiger partial charge in [0, 0.05) is 87.9 Å². The minimum atomic E-state index is -0.751. The first kappa shape index (κ1) is 58.5. The van der Waals surface area contributed by atoms with Crippen molar-refractivity contribution < 1.29 is 38.5 Å². The van der Waals surface area contributed by atoms with E-state index in [-0.39, 0.29) is 36.3 Å². The predicted molar refractivity (Wildman–Crippen MR) is 305 cm³/mol. The second kappa shape index (κ2) is 27.9. The Morgan fingerprint density at radius 3 is 1.30 bits per heavy atom. The van der Waals surface area contributed by atoms with Gasteiger partial charge in [0.25, 0.3) is 11.8 Å². The zero-order valence-corrected chi connectivity index (χ0v) is 47.4. The molecule has 4 aromatic rings. The number of piperidine rings is 2. The number of esters is 1. The third kappa shape index (κ3) is 16.0. The lowest BCUT2D eigenvalue weighted by Crippen LogP contribution is -2.44. The Labute approximate surface area is 458 Å². The number of benzene rings is 4. The van der Waals surface area contributed by atoms with Crippen LogP contribution in [0.25, 0.3) is 0 Å². The molecule has 4 saturated heterocycles. The molecule has 3 N–H and O–H groups in total. The third-order valence-electron chi connectivity index (χ3n) is 16.4. The standard InChI is InChI=1S/C31H44N4O4.C30H42N4O4/c1-22-6-8-26(35-18-16-33(3)17-19-35)21-27(22)31(37)32-23(2)25-7-9-29(38-4)28(20-25)24-10-13-34(14-11-24)15-12-30(36)39-5;1-21-5-7-25(34-17-15-32(3)16-18-34)20-26(21)30(37)31-22(2)24-6-8-28(38-4)27(19-24)23-9-12-33(13-10-23)14-11-29(35)36/h6-9,20-21,23-24H,10-19H2,1-5H3,(H,32,37);5-8,19-20,22-23H,9-18H2,1-4H3,(H,31,37)(H,35,36)/t23-;22-/m11/s1. The minimum Gasteiger partial charge on any atom is -0.496 e. The summed E-state index contributed by atoms with van der Waals surface area (Å²) < 4.78 is 16.2. The number of hydrogen-bond donors (Lipinski definition) is 3. The zero-order valence-electron chi connectivity index (χ0n) is 47.4. The summed E-state index contributed by atoms with van der Waals surface area (Å²) in [6.07, 6.45) is 4.52. The second-order valence-corrected chi connectivity index (χ2v) is 21.7. The van der Waals surface area contributed by atoms with Crippen molar-refractivity contribution in [1.29, 1.82) is 0 Å². The molecule has 418 valence electrons. The number of methoxy groups -OCH3 is 3. The maximum Gasteiger partial charge on any atom is 0.306 e. The van der Waals surface area contributed by atoms with Gasteiger partial charge in [-0.25, -0.2) is 0 Å². The maximum absolute atomic E-state index is 13.4. The van der Waals surface area contributed by atoms with Gasteiger partial charge in [-0.3, -0.25) is 19.2 Å². The Bertz CT molecular complexity index is 2610. The average Bonchev–Trinajstić information content (AvgIpc) is 3.45.